The molecule has 1 aliphatic heterocycles. The number of rotatable bonds is 3. The van der Waals surface area contributed by atoms with Gasteiger partial charge in [0, 0.05) is 18.9 Å². The molecular formula is C12H18N2O2. The molecule has 1 aliphatic rings. The zero-order valence-corrected chi connectivity index (χ0v) is 9.61. The van der Waals surface area contributed by atoms with Crippen molar-refractivity contribution in [3.8, 4) is 12.3 Å². The van der Waals surface area contributed by atoms with Crippen LogP contribution in [0.4, 0.5) is 0 Å². The van der Waals surface area contributed by atoms with Crippen molar-refractivity contribution in [3.63, 3.8) is 0 Å². The Morgan fingerprint density at radius 3 is 2.94 bits per heavy atom. The number of carbonyl (C=O) groups is 2. The SMILES string of the molecule is C#CC1CCCN(C(CC)C(N)=O)C(=O)C1. The fourth-order valence-electron chi connectivity index (χ4n) is 2.11. The first-order valence-electron chi connectivity index (χ1n) is 5.65. The van der Waals surface area contributed by atoms with Crippen LogP contribution in [0.3, 0.4) is 0 Å². The normalized spacial score (nSPS) is 23.4. The highest BCUT2D eigenvalue weighted by Gasteiger charge is 2.29. The van der Waals surface area contributed by atoms with Crippen LogP contribution in [-0.4, -0.2) is 29.3 Å². The van der Waals surface area contributed by atoms with E-state index in [-0.39, 0.29) is 11.8 Å². The third-order valence-corrected chi connectivity index (χ3v) is 3.02. The van der Waals surface area contributed by atoms with Gasteiger partial charge in [-0.15, -0.1) is 12.3 Å². The highest BCUT2D eigenvalue weighted by molar-refractivity contribution is 5.86. The lowest BCUT2D eigenvalue weighted by Crippen LogP contribution is -2.47. The molecule has 1 saturated heterocycles. The van der Waals surface area contributed by atoms with Crippen molar-refractivity contribution in [1.29, 1.82) is 0 Å². The summed E-state index contributed by atoms with van der Waals surface area (Å²) in [7, 11) is 0. The molecule has 16 heavy (non-hydrogen) atoms. The Morgan fingerprint density at radius 1 is 1.75 bits per heavy atom. The number of terminal acetylenes is 1. The van der Waals surface area contributed by atoms with E-state index in [0.717, 1.165) is 12.8 Å². The highest BCUT2D eigenvalue weighted by Crippen LogP contribution is 2.20. The molecule has 1 rings (SSSR count). The van der Waals surface area contributed by atoms with Crippen molar-refractivity contribution >= 4 is 11.8 Å². The molecule has 0 aromatic heterocycles. The summed E-state index contributed by atoms with van der Waals surface area (Å²) in [6, 6.07) is -0.482. The second-order valence-electron chi connectivity index (χ2n) is 4.12. The van der Waals surface area contributed by atoms with Gasteiger partial charge in [-0.25, -0.2) is 0 Å². The van der Waals surface area contributed by atoms with Crippen molar-refractivity contribution in [1.82, 2.24) is 4.90 Å². The van der Waals surface area contributed by atoms with Gasteiger partial charge >= 0.3 is 0 Å². The average Bonchev–Trinajstić information content (AvgIpc) is 2.42. The van der Waals surface area contributed by atoms with Crippen LogP contribution < -0.4 is 5.73 Å². The maximum absolute atomic E-state index is 11.9. The number of nitrogens with two attached hydrogens (primary N) is 1. The third-order valence-electron chi connectivity index (χ3n) is 3.02. The van der Waals surface area contributed by atoms with Crippen molar-refractivity contribution < 1.29 is 9.59 Å². The van der Waals surface area contributed by atoms with Crippen LogP contribution in [0.1, 0.15) is 32.6 Å². The van der Waals surface area contributed by atoms with Gasteiger partial charge in [0.05, 0.1) is 0 Å². The van der Waals surface area contributed by atoms with E-state index in [4.69, 9.17) is 12.2 Å². The zero-order chi connectivity index (χ0) is 12.1. The van der Waals surface area contributed by atoms with Crippen LogP contribution in [0.2, 0.25) is 0 Å². The summed E-state index contributed by atoms with van der Waals surface area (Å²) in [4.78, 5) is 24.7. The van der Waals surface area contributed by atoms with E-state index in [1.54, 1.807) is 4.90 Å². The maximum Gasteiger partial charge on any atom is 0.240 e. The summed E-state index contributed by atoms with van der Waals surface area (Å²) in [5.74, 6) is 2.13. The smallest absolute Gasteiger partial charge is 0.240 e. The lowest BCUT2D eigenvalue weighted by atomic mass is 10.0. The molecule has 0 radical (unpaired) electrons. The van der Waals surface area contributed by atoms with Crippen LogP contribution in [0.25, 0.3) is 0 Å². The Kier molecular flexibility index (Phi) is 4.36. The third kappa shape index (κ3) is 2.75. The van der Waals surface area contributed by atoms with Crippen LogP contribution in [0.5, 0.6) is 0 Å². The second kappa shape index (κ2) is 5.55. The summed E-state index contributed by atoms with van der Waals surface area (Å²) >= 11 is 0. The summed E-state index contributed by atoms with van der Waals surface area (Å²) in [5.41, 5.74) is 5.29. The molecule has 4 nitrogen and oxygen atoms in total. The second-order valence-corrected chi connectivity index (χ2v) is 4.12. The minimum absolute atomic E-state index is 0.00267. The summed E-state index contributed by atoms with van der Waals surface area (Å²) in [6.45, 7) is 2.44. The first-order valence-corrected chi connectivity index (χ1v) is 5.65. The largest absolute Gasteiger partial charge is 0.368 e. The molecule has 1 fully saturated rings. The van der Waals surface area contributed by atoms with Gasteiger partial charge in [0.1, 0.15) is 6.04 Å². The van der Waals surface area contributed by atoms with Crippen LogP contribution in [-0.2, 0) is 9.59 Å². The van der Waals surface area contributed by atoms with Gasteiger partial charge in [0.2, 0.25) is 11.8 Å². The van der Waals surface area contributed by atoms with E-state index in [9.17, 15) is 9.59 Å². The summed E-state index contributed by atoms with van der Waals surface area (Å²) < 4.78 is 0. The lowest BCUT2D eigenvalue weighted by molar-refractivity contribution is -0.139. The van der Waals surface area contributed by atoms with E-state index < -0.39 is 11.9 Å². The quantitative estimate of drug-likeness (QED) is 0.707. The Bertz CT molecular complexity index is 319. The van der Waals surface area contributed by atoms with Crippen LogP contribution in [0, 0.1) is 18.3 Å². The molecule has 88 valence electrons. The summed E-state index contributed by atoms with van der Waals surface area (Å²) in [5, 5.41) is 0. The predicted molar refractivity (Wildman–Crippen MR) is 61.2 cm³/mol. The predicted octanol–water partition coefficient (Wildman–Crippen LogP) is 0.512. The molecular weight excluding hydrogens is 204 g/mol. The van der Waals surface area contributed by atoms with Crippen LogP contribution in [0.15, 0.2) is 0 Å². The number of hydrogen-bond donors (Lipinski definition) is 1. The molecule has 2 atom stereocenters. The standard InChI is InChI=1S/C12H18N2O2/c1-3-9-6-5-7-14(11(15)8-9)10(4-2)12(13)16/h1,9-10H,4-8H2,2H3,(H2,13,16). The van der Waals surface area contributed by atoms with Gasteiger partial charge in [0.25, 0.3) is 0 Å². The minimum Gasteiger partial charge on any atom is -0.368 e. The van der Waals surface area contributed by atoms with Crippen molar-refractivity contribution in [2.75, 3.05) is 6.54 Å². The van der Waals surface area contributed by atoms with Gasteiger partial charge in [-0.05, 0) is 19.3 Å². The van der Waals surface area contributed by atoms with E-state index in [2.05, 4.69) is 5.92 Å². The fraction of sp³-hybridized carbons (Fsp3) is 0.667. The minimum atomic E-state index is -0.482. The first kappa shape index (κ1) is 12.6. The topological polar surface area (TPSA) is 63.4 Å². The summed E-state index contributed by atoms with van der Waals surface area (Å²) in [6.07, 6.45) is 7.91. The van der Waals surface area contributed by atoms with Crippen molar-refractivity contribution in [2.24, 2.45) is 11.7 Å². The molecule has 0 spiro atoms. The average molecular weight is 222 g/mol. The van der Waals surface area contributed by atoms with Gasteiger partial charge in [-0.3, -0.25) is 9.59 Å². The molecule has 0 aliphatic carbocycles. The monoisotopic (exact) mass is 222 g/mol. The molecule has 2 amide bonds. The van der Waals surface area contributed by atoms with Gasteiger partial charge in [0.15, 0.2) is 0 Å². The van der Waals surface area contributed by atoms with Gasteiger partial charge in [-0.1, -0.05) is 6.92 Å². The molecule has 1 heterocycles. The van der Waals surface area contributed by atoms with Gasteiger partial charge < -0.3 is 10.6 Å². The van der Waals surface area contributed by atoms with E-state index in [1.165, 1.54) is 0 Å². The Labute approximate surface area is 96.2 Å². The van der Waals surface area contributed by atoms with E-state index in [0.29, 0.717) is 19.4 Å². The zero-order valence-electron chi connectivity index (χ0n) is 9.61. The fourth-order valence-corrected chi connectivity index (χ4v) is 2.11. The number of likely N-dealkylation sites (tertiary alicyclic amines) is 1. The number of amides is 2. The number of carbonyl (C=O) groups excluding carboxylic acids is 2. The van der Waals surface area contributed by atoms with Crippen molar-refractivity contribution in [2.45, 2.75) is 38.6 Å². The number of nitrogens with zero attached hydrogens (tertiary/aromatic N) is 1. The molecule has 4 heteroatoms. The van der Waals surface area contributed by atoms with Crippen LogP contribution >= 0.6 is 0 Å². The molecule has 0 saturated carbocycles. The molecule has 0 aromatic carbocycles. The first-order chi connectivity index (χ1) is 7.60. The Balaban J connectivity index is 2.77. The Hall–Kier alpha value is -1.50. The van der Waals surface area contributed by atoms with E-state index >= 15 is 0 Å². The Morgan fingerprint density at radius 2 is 2.44 bits per heavy atom. The highest BCUT2D eigenvalue weighted by atomic mass is 16.2. The molecule has 0 aromatic rings. The molecule has 0 bridgehead atoms. The number of primary amides is 1. The van der Waals surface area contributed by atoms with Gasteiger partial charge in [-0.2, -0.15) is 0 Å². The lowest BCUT2D eigenvalue weighted by Gasteiger charge is -2.27. The molecule has 2 unspecified atom stereocenters. The molecule has 2 N–H and O–H groups in total. The maximum atomic E-state index is 11.9. The van der Waals surface area contributed by atoms with E-state index in [1.807, 2.05) is 6.92 Å². The van der Waals surface area contributed by atoms with Crippen molar-refractivity contribution in [3.05, 3.63) is 0 Å². The number of hydrogen-bond acceptors (Lipinski definition) is 2.